The lowest BCUT2D eigenvalue weighted by molar-refractivity contribution is 0.102. The van der Waals surface area contributed by atoms with Gasteiger partial charge in [-0.05, 0) is 51.0 Å². The predicted octanol–water partition coefficient (Wildman–Crippen LogP) is 3.04. The number of benzene rings is 1. The maximum Gasteiger partial charge on any atom is 0.274 e. The molecule has 126 valence electrons. The molecule has 1 aromatic heterocycles. The van der Waals surface area contributed by atoms with Crippen molar-refractivity contribution in [3.8, 4) is 5.75 Å². The number of carbonyl (C=O) groups is 1. The quantitative estimate of drug-likeness (QED) is 0.915. The fourth-order valence-corrected chi connectivity index (χ4v) is 2.77. The van der Waals surface area contributed by atoms with Crippen molar-refractivity contribution in [2.75, 3.05) is 29.9 Å². The fraction of sp³-hybridized carbons (Fsp3) is 0.389. The minimum absolute atomic E-state index is 0.231. The highest BCUT2D eigenvalue weighted by molar-refractivity contribution is 6.03. The van der Waals surface area contributed by atoms with Gasteiger partial charge >= 0.3 is 0 Å². The van der Waals surface area contributed by atoms with E-state index in [4.69, 9.17) is 4.74 Å². The summed E-state index contributed by atoms with van der Waals surface area (Å²) in [5.41, 5.74) is 1.10. The van der Waals surface area contributed by atoms with Crippen LogP contribution >= 0.6 is 0 Å². The molecule has 0 radical (unpaired) electrons. The van der Waals surface area contributed by atoms with Crippen LogP contribution in [-0.2, 0) is 0 Å². The molecular formula is C18H22N4O2. The molecule has 1 aromatic carbocycles. The zero-order valence-electron chi connectivity index (χ0n) is 14.1. The lowest BCUT2D eigenvalue weighted by Gasteiger charge is -2.17. The molecule has 0 aliphatic carbocycles. The van der Waals surface area contributed by atoms with E-state index < -0.39 is 0 Å². The summed E-state index contributed by atoms with van der Waals surface area (Å²) in [6.45, 7) is 6.33. The van der Waals surface area contributed by atoms with Gasteiger partial charge in [0.15, 0.2) is 0 Å². The second kappa shape index (κ2) is 7.29. The summed E-state index contributed by atoms with van der Waals surface area (Å²) >= 11 is 0. The molecule has 0 bridgehead atoms. The van der Waals surface area contributed by atoms with Gasteiger partial charge in [-0.1, -0.05) is 0 Å². The highest BCUT2D eigenvalue weighted by Gasteiger charge is 2.17. The summed E-state index contributed by atoms with van der Waals surface area (Å²) in [6.07, 6.45) is 2.33. The lowest BCUT2D eigenvalue weighted by Crippen LogP contribution is -2.22. The first kappa shape index (κ1) is 16.2. The number of aryl methyl sites for hydroxylation is 1. The van der Waals surface area contributed by atoms with E-state index in [9.17, 15) is 4.79 Å². The van der Waals surface area contributed by atoms with Crippen molar-refractivity contribution in [1.82, 2.24) is 9.97 Å². The van der Waals surface area contributed by atoms with Gasteiger partial charge in [-0.3, -0.25) is 4.79 Å². The van der Waals surface area contributed by atoms with E-state index in [2.05, 4.69) is 20.2 Å². The third-order valence-electron chi connectivity index (χ3n) is 3.91. The van der Waals surface area contributed by atoms with Gasteiger partial charge in [0, 0.05) is 24.8 Å². The molecule has 1 amide bonds. The number of nitrogens with one attached hydrogen (secondary N) is 1. The van der Waals surface area contributed by atoms with Gasteiger partial charge in [-0.15, -0.1) is 0 Å². The molecule has 1 aliphatic rings. The van der Waals surface area contributed by atoms with Crippen molar-refractivity contribution in [2.45, 2.75) is 26.7 Å². The van der Waals surface area contributed by atoms with E-state index in [1.165, 1.54) is 0 Å². The Balaban J connectivity index is 1.74. The number of hydrogen-bond acceptors (Lipinski definition) is 5. The van der Waals surface area contributed by atoms with Crippen molar-refractivity contribution in [3.63, 3.8) is 0 Å². The van der Waals surface area contributed by atoms with Crippen LogP contribution in [0.2, 0.25) is 0 Å². The molecule has 0 saturated carbocycles. The van der Waals surface area contributed by atoms with Crippen molar-refractivity contribution in [3.05, 3.63) is 41.9 Å². The Bertz CT molecular complexity index is 709. The van der Waals surface area contributed by atoms with Crippen molar-refractivity contribution < 1.29 is 9.53 Å². The smallest absolute Gasteiger partial charge is 0.274 e. The molecule has 1 aliphatic heterocycles. The van der Waals surface area contributed by atoms with Crippen LogP contribution in [-0.4, -0.2) is 35.6 Å². The minimum Gasteiger partial charge on any atom is -0.494 e. The molecule has 1 saturated heterocycles. The number of anilines is 2. The number of carbonyl (C=O) groups excluding carboxylic acids is 1. The number of aromatic nitrogens is 2. The molecule has 3 rings (SSSR count). The number of ether oxygens (including phenoxy) is 1. The second-order valence-corrected chi connectivity index (χ2v) is 5.76. The normalized spacial score (nSPS) is 13.8. The van der Waals surface area contributed by atoms with E-state index in [1.54, 1.807) is 6.07 Å². The molecule has 0 unspecified atom stereocenters. The van der Waals surface area contributed by atoms with Crippen LogP contribution in [0.1, 0.15) is 36.1 Å². The molecule has 24 heavy (non-hydrogen) atoms. The summed E-state index contributed by atoms with van der Waals surface area (Å²) < 4.78 is 5.40. The summed E-state index contributed by atoms with van der Waals surface area (Å²) in [7, 11) is 0. The van der Waals surface area contributed by atoms with Crippen LogP contribution in [0.3, 0.4) is 0 Å². The molecular weight excluding hydrogens is 304 g/mol. The SMILES string of the molecule is CCOc1ccc(NC(=O)c2cc(N3CCCC3)nc(C)n2)cc1. The molecule has 2 heterocycles. The van der Waals surface area contributed by atoms with Gasteiger partial charge in [0.2, 0.25) is 0 Å². The summed E-state index contributed by atoms with van der Waals surface area (Å²) in [6, 6.07) is 9.07. The second-order valence-electron chi connectivity index (χ2n) is 5.76. The van der Waals surface area contributed by atoms with Crippen LogP contribution in [0.15, 0.2) is 30.3 Å². The van der Waals surface area contributed by atoms with E-state index >= 15 is 0 Å². The molecule has 6 heteroatoms. The molecule has 0 atom stereocenters. The van der Waals surface area contributed by atoms with Gasteiger partial charge in [0.25, 0.3) is 5.91 Å². The Morgan fingerprint density at radius 3 is 2.58 bits per heavy atom. The Hall–Kier alpha value is -2.63. The summed E-state index contributed by atoms with van der Waals surface area (Å²) in [5, 5.41) is 2.87. The zero-order valence-corrected chi connectivity index (χ0v) is 14.1. The van der Waals surface area contributed by atoms with Gasteiger partial charge in [-0.2, -0.15) is 0 Å². The Morgan fingerprint density at radius 1 is 1.21 bits per heavy atom. The third-order valence-corrected chi connectivity index (χ3v) is 3.91. The first-order valence-electron chi connectivity index (χ1n) is 8.30. The summed E-state index contributed by atoms with van der Waals surface area (Å²) in [4.78, 5) is 23.4. The fourth-order valence-electron chi connectivity index (χ4n) is 2.77. The van der Waals surface area contributed by atoms with Gasteiger partial charge in [0.1, 0.15) is 23.1 Å². The number of rotatable bonds is 5. The van der Waals surface area contributed by atoms with Crippen molar-refractivity contribution >= 4 is 17.4 Å². The highest BCUT2D eigenvalue weighted by Crippen LogP contribution is 2.20. The maximum atomic E-state index is 12.5. The van der Waals surface area contributed by atoms with Crippen LogP contribution in [0.25, 0.3) is 0 Å². The molecule has 1 N–H and O–H groups in total. The Morgan fingerprint density at radius 2 is 1.92 bits per heavy atom. The van der Waals surface area contributed by atoms with Gasteiger partial charge in [-0.25, -0.2) is 9.97 Å². The average molecular weight is 326 g/mol. The van der Waals surface area contributed by atoms with Crippen LogP contribution < -0.4 is 15.0 Å². The predicted molar refractivity (Wildman–Crippen MR) is 93.8 cm³/mol. The Labute approximate surface area is 141 Å². The van der Waals surface area contributed by atoms with E-state index in [0.29, 0.717) is 23.8 Å². The van der Waals surface area contributed by atoms with E-state index in [0.717, 1.165) is 37.5 Å². The van der Waals surface area contributed by atoms with Crippen LogP contribution in [0.5, 0.6) is 5.75 Å². The van der Waals surface area contributed by atoms with E-state index in [1.807, 2.05) is 38.1 Å². The van der Waals surface area contributed by atoms with Crippen molar-refractivity contribution in [2.24, 2.45) is 0 Å². The van der Waals surface area contributed by atoms with Gasteiger partial charge in [0.05, 0.1) is 6.61 Å². The standard InChI is InChI=1S/C18H22N4O2/c1-3-24-15-8-6-14(7-9-15)21-18(23)16-12-17(20-13(2)19-16)22-10-4-5-11-22/h6-9,12H,3-5,10-11H2,1-2H3,(H,21,23). The Kier molecular flexibility index (Phi) is 4.93. The highest BCUT2D eigenvalue weighted by atomic mass is 16.5. The topological polar surface area (TPSA) is 67.3 Å². The first-order valence-corrected chi connectivity index (χ1v) is 8.30. The number of amides is 1. The molecule has 2 aromatic rings. The monoisotopic (exact) mass is 326 g/mol. The largest absolute Gasteiger partial charge is 0.494 e. The zero-order chi connectivity index (χ0) is 16.9. The third kappa shape index (κ3) is 3.82. The van der Waals surface area contributed by atoms with Crippen LogP contribution in [0, 0.1) is 6.92 Å². The summed E-state index contributed by atoms with van der Waals surface area (Å²) in [5.74, 6) is 1.99. The lowest BCUT2D eigenvalue weighted by atomic mass is 10.2. The minimum atomic E-state index is -0.231. The average Bonchev–Trinajstić information content (AvgIpc) is 3.11. The number of nitrogens with zero attached hydrogens (tertiary/aromatic N) is 3. The van der Waals surface area contributed by atoms with Crippen molar-refractivity contribution in [1.29, 1.82) is 0 Å². The molecule has 0 spiro atoms. The molecule has 1 fully saturated rings. The first-order chi connectivity index (χ1) is 11.7. The maximum absolute atomic E-state index is 12.5. The number of hydrogen-bond donors (Lipinski definition) is 1. The van der Waals surface area contributed by atoms with Crippen LogP contribution in [0.4, 0.5) is 11.5 Å². The van der Waals surface area contributed by atoms with Gasteiger partial charge < -0.3 is 15.0 Å². The molecule has 6 nitrogen and oxygen atoms in total. The van der Waals surface area contributed by atoms with E-state index in [-0.39, 0.29) is 5.91 Å².